The lowest BCUT2D eigenvalue weighted by molar-refractivity contribution is -0.145. The van der Waals surface area contributed by atoms with Gasteiger partial charge in [0, 0.05) is 19.4 Å². The largest absolute Gasteiger partial charge is 0.481 e. The quantitative estimate of drug-likeness (QED) is 0.541. The van der Waals surface area contributed by atoms with Crippen molar-refractivity contribution in [1.82, 2.24) is 4.90 Å². The highest BCUT2D eigenvalue weighted by atomic mass is 16.5. The predicted octanol–water partition coefficient (Wildman–Crippen LogP) is 1.52. The zero-order chi connectivity index (χ0) is 15.0. The van der Waals surface area contributed by atoms with Crippen LogP contribution in [0.2, 0.25) is 0 Å². The summed E-state index contributed by atoms with van der Waals surface area (Å²) in [6.45, 7) is 3.05. The molecular weight excluding hydrogens is 258 g/mol. The molecular formula is C15H23NO4. The van der Waals surface area contributed by atoms with E-state index in [2.05, 4.69) is 5.92 Å². The predicted molar refractivity (Wildman–Crippen MR) is 75.0 cm³/mol. The van der Waals surface area contributed by atoms with Gasteiger partial charge in [0.1, 0.15) is 5.92 Å². The van der Waals surface area contributed by atoms with Crippen LogP contribution in [0.5, 0.6) is 0 Å². The lowest BCUT2D eigenvalue weighted by Crippen LogP contribution is -2.46. The fraction of sp³-hybridized carbons (Fsp3) is 0.733. The summed E-state index contributed by atoms with van der Waals surface area (Å²) in [5.74, 6) is 1.05. The number of nitrogens with zero attached hydrogens (tertiary/aromatic N) is 1. The van der Waals surface area contributed by atoms with E-state index in [1.807, 2.05) is 6.92 Å². The second-order valence-corrected chi connectivity index (χ2v) is 5.05. The molecule has 0 aromatic heterocycles. The number of rotatable bonds is 8. The van der Waals surface area contributed by atoms with Crippen molar-refractivity contribution in [2.75, 3.05) is 19.8 Å². The zero-order valence-corrected chi connectivity index (χ0v) is 12.0. The molecule has 1 aliphatic rings. The molecule has 5 heteroatoms. The minimum Gasteiger partial charge on any atom is -0.481 e. The van der Waals surface area contributed by atoms with E-state index in [1.54, 1.807) is 4.90 Å². The summed E-state index contributed by atoms with van der Waals surface area (Å²) in [5, 5.41) is 9.19. The van der Waals surface area contributed by atoms with E-state index < -0.39 is 11.9 Å². The molecule has 1 fully saturated rings. The van der Waals surface area contributed by atoms with Gasteiger partial charge in [-0.15, -0.1) is 12.3 Å². The van der Waals surface area contributed by atoms with Crippen LogP contribution >= 0.6 is 0 Å². The first-order valence-electron chi connectivity index (χ1n) is 7.15. The van der Waals surface area contributed by atoms with Crippen molar-refractivity contribution >= 4 is 11.9 Å². The Morgan fingerprint density at radius 2 is 2.15 bits per heavy atom. The number of ether oxygens (including phenoxy) is 1. The number of carboxylic acid groups (broad SMARTS) is 1. The number of terminal acetylenes is 1. The van der Waals surface area contributed by atoms with Crippen molar-refractivity contribution in [1.29, 1.82) is 0 Å². The molecule has 2 atom stereocenters. The Hall–Kier alpha value is -1.54. The molecule has 0 spiro atoms. The van der Waals surface area contributed by atoms with E-state index in [0.29, 0.717) is 26.0 Å². The summed E-state index contributed by atoms with van der Waals surface area (Å²) < 4.78 is 5.25. The number of aliphatic carboxylic acids is 1. The third kappa shape index (κ3) is 4.53. The average Bonchev–Trinajstić information content (AvgIpc) is 2.90. The van der Waals surface area contributed by atoms with Crippen LogP contribution in [0.25, 0.3) is 0 Å². The van der Waals surface area contributed by atoms with Crippen LogP contribution in [0.1, 0.15) is 39.0 Å². The van der Waals surface area contributed by atoms with Gasteiger partial charge in [-0.2, -0.15) is 0 Å². The van der Waals surface area contributed by atoms with Crippen LogP contribution in [0.3, 0.4) is 0 Å². The number of unbranched alkanes of at least 4 members (excludes halogenated alkanes) is 2. The second kappa shape index (κ2) is 8.60. The Labute approximate surface area is 120 Å². The average molecular weight is 281 g/mol. The van der Waals surface area contributed by atoms with Crippen molar-refractivity contribution in [3.8, 4) is 12.3 Å². The Morgan fingerprint density at radius 1 is 1.40 bits per heavy atom. The van der Waals surface area contributed by atoms with Gasteiger partial charge in [0.15, 0.2) is 0 Å². The molecule has 5 nitrogen and oxygen atoms in total. The highest BCUT2D eigenvalue weighted by molar-refractivity contribution is 5.78. The smallest absolute Gasteiger partial charge is 0.311 e. The first kappa shape index (κ1) is 16.5. The summed E-state index contributed by atoms with van der Waals surface area (Å²) in [5.41, 5.74) is 0. The normalized spacial score (nSPS) is 21.4. The molecule has 0 aromatic carbocycles. The van der Waals surface area contributed by atoms with Gasteiger partial charge in [0.2, 0.25) is 5.91 Å². The Bertz CT molecular complexity index is 375. The number of hydrogen-bond donors (Lipinski definition) is 1. The summed E-state index contributed by atoms with van der Waals surface area (Å²) in [6, 6.07) is -0.340. The van der Waals surface area contributed by atoms with Gasteiger partial charge in [0.05, 0.1) is 19.3 Å². The van der Waals surface area contributed by atoms with Crippen molar-refractivity contribution in [3.05, 3.63) is 0 Å². The first-order valence-corrected chi connectivity index (χ1v) is 7.15. The van der Waals surface area contributed by atoms with E-state index in [9.17, 15) is 14.7 Å². The lowest BCUT2D eigenvalue weighted by atomic mass is 10.0. The van der Waals surface area contributed by atoms with Crippen molar-refractivity contribution in [3.63, 3.8) is 0 Å². The monoisotopic (exact) mass is 281 g/mol. The minimum absolute atomic E-state index is 0.00521. The maximum atomic E-state index is 12.3. The van der Waals surface area contributed by atoms with Gasteiger partial charge < -0.3 is 14.7 Å². The molecule has 1 N–H and O–H groups in total. The number of amides is 1. The van der Waals surface area contributed by atoms with E-state index in [4.69, 9.17) is 11.2 Å². The molecule has 0 aliphatic carbocycles. The number of carboxylic acids is 1. The van der Waals surface area contributed by atoms with Gasteiger partial charge in [-0.1, -0.05) is 6.92 Å². The topological polar surface area (TPSA) is 66.8 Å². The van der Waals surface area contributed by atoms with Gasteiger partial charge in [-0.3, -0.25) is 9.59 Å². The molecule has 0 saturated carbocycles. The molecule has 0 bridgehead atoms. The number of carbonyl (C=O) groups is 2. The fourth-order valence-electron chi connectivity index (χ4n) is 2.45. The van der Waals surface area contributed by atoms with Gasteiger partial charge >= 0.3 is 5.97 Å². The minimum atomic E-state index is -0.895. The SMILES string of the molecule is C#CCCCCC(=O)N(CCC)C1COCC1C(=O)O. The molecule has 1 heterocycles. The van der Waals surface area contributed by atoms with Gasteiger partial charge in [-0.25, -0.2) is 0 Å². The van der Waals surface area contributed by atoms with E-state index >= 15 is 0 Å². The summed E-state index contributed by atoms with van der Waals surface area (Å²) in [6.07, 6.45) is 8.64. The van der Waals surface area contributed by atoms with E-state index in [1.165, 1.54) is 0 Å². The number of carbonyl (C=O) groups excluding carboxylic acids is 1. The lowest BCUT2D eigenvalue weighted by Gasteiger charge is -2.30. The van der Waals surface area contributed by atoms with Gasteiger partial charge in [0.25, 0.3) is 0 Å². The highest BCUT2D eigenvalue weighted by Gasteiger charge is 2.39. The van der Waals surface area contributed by atoms with Crippen LogP contribution in [-0.2, 0) is 14.3 Å². The standard InChI is InChI=1S/C15H23NO4/c1-3-5-6-7-8-14(17)16(9-4-2)13-11-20-10-12(13)15(18)19/h1,12-13H,4-11H2,2H3,(H,18,19). The summed E-state index contributed by atoms with van der Waals surface area (Å²) in [7, 11) is 0. The van der Waals surface area contributed by atoms with E-state index in [-0.39, 0.29) is 18.6 Å². The molecule has 1 aliphatic heterocycles. The summed E-state index contributed by atoms with van der Waals surface area (Å²) in [4.78, 5) is 25.2. The van der Waals surface area contributed by atoms with Crippen LogP contribution in [-0.4, -0.2) is 47.7 Å². The second-order valence-electron chi connectivity index (χ2n) is 5.05. The van der Waals surface area contributed by atoms with Gasteiger partial charge in [-0.05, 0) is 19.3 Å². The molecule has 20 heavy (non-hydrogen) atoms. The van der Waals surface area contributed by atoms with Crippen LogP contribution in [0.15, 0.2) is 0 Å². The van der Waals surface area contributed by atoms with Crippen molar-refractivity contribution in [2.24, 2.45) is 5.92 Å². The first-order chi connectivity index (χ1) is 9.61. The van der Waals surface area contributed by atoms with Crippen LogP contribution in [0, 0.1) is 18.3 Å². The third-order valence-electron chi connectivity index (χ3n) is 3.51. The zero-order valence-electron chi connectivity index (χ0n) is 12.0. The van der Waals surface area contributed by atoms with Crippen LogP contribution in [0.4, 0.5) is 0 Å². The molecule has 112 valence electrons. The Kier molecular flexibility index (Phi) is 7.10. The van der Waals surface area contributed by atoms with Crippen LogP contribution < -0.4 is 0 Å². The molecule has 2 unspecified atom stereocenters. The Balaban J connectivity index is 2.60. The highest BCUT2D eigenvalue weighted by Crippen LogP contribution is 2.21. The Morgan fingerprint density at radius 3 is 2.75 bits per heavy atom. The van der Waals surface area contributed by atoms with Crippen molar-refractivity contribution < 1.29 is 19.4 Å². The molecule has 1 rings (SSSR count). The third-order valence-corrected chi connectivity index (χ3v) is 3.51. The maximum absolute atomic E-state index is 12.3. The van der Waals surface area contributed by atoms with Crippen molar-refractivity contribution in [2.45, 2.75) is 45.1 Å². The fourth-order valence-corrected chi connectivity index (χ4v) is 2.45. The van der Waals surface area contributed by atoms with E-state index in [0.717, 1.165) is 19.3 Å². The molecule has 0 aromatic rings. The number of hydrogen-bond acceptors (Lipinski definition) is 3. The molecule has 0 radical (unpaired) electrons. The molecule has 1 amide bonds. The summed E-state index contributed by atoms with van der Waals surface area (Å²) >= 11 is 0. The maximum Gasteiger partial charge on any atom is 0.311 e. The molecule has 1 saturated heterocycles.